The molecule has 1 aromatic heterocycles. The largest absolute Gasteiger partial charge is 0.487 e. The molecule has 7 heteroatoms. The molecule has 4 rings (SSSR count). The Labute approximate surface area is 226 Å². The maximum atomic E-state index is 14.6. The summed E-state index contributed by atoms with van der Waals surface area (Å²) in [5.41, 5.74) is 3.49. The fourth-order valence-corrected chi connectivity index (χ4v) is 3.81. The number of benzene rings is 2. The molecule has 1 aliphatic heterocycles. The van der Waals surface area contributed by atoms with Crippen molar-refractivity contribution in [3.05, 3.63) is 71.6 Å². The summed E-state index contributed by atoms with van der Waals surface area (Å²) in [6.07, 6.45) is 7.68. The number of halogens is 2. The Morgan fingerprint density at radius 1 is 0.974 bits per heavy atom. The quantitative estimate of drug-likeness (QED) is 0.321. The third kappa shape index (κ3) is 9.19. The van der Waals surface area contributed by atoms with E-state index in [0.29, 0.717) is 12.2 Å². The molecule has 0 N–H and O–H groups in total. The van der Waals surface area contributed by atoms with E-state index in [9.17, 15) is 8.78 Å². The second-order valence-corrected chi connectivity index (χ2v) is 9.92. The molecule has 206 valence electrons. The highest BCUT2D eigenvalue weighted by molar-refractivity contribution is 5.65. The topological polar surface area (TPSA) is 55.3 Å². The van der Waals surface area contributed by atoms with Crippen LogP contribution < -0.4 is 9.64 Å². The molecule has 0 radical (unpaired) electrons. The summed E-state index contributed by atoms with van der Waals surface area (Å²) < 4.78 is 34.8. The lowest BCUT2D eigenvalue weighted by Crippen LogP contribution is -2.36. The first kappa shape index (κ1) is 30.9. The van der Waals surface area contributed by atoms with Gasteiger partial charge in [0.25, 0.3) is 0 Å². The zero-order valence-corrected chi connectivity index (χ0v) is 23.3. The van der Waals surface area contributed by atoms with Gasteiger partial charge in [-0.25, -0.2) is 18.7 Å². The van der Waals surface area contributed by atoms with E-state index in [0.717, 1.165) is 60.9 Å². The van der Waals surface area contributed by atoms with Crippen LogP contribution in [0.4, 0.5) is 14.7 Å². The lowest BCUT2D eigenvalue weighted by Gasteiger charge is -2.31. The van der Waals surface area contributed by atoms with Crippen molar-refractivity contribution in [3.63, 3.8) is 0 Å². The van der Waals surface area contributed by atoms with Crippen LogP contribution in [0.25, 0.3) is 11.1 Å². The van der Waals surface area contributed by atoms with Crippen molar-refractivity contribution in [1.82, 2.24) is 9.97 Å². The van der Waals surface area contributed by atoms with Crippen LogP contribution in [-0.4, -0.2) is 36.5 Å². The van der Waals surface area contributed by atoms with Crippen molar-refractivity contribution >= 4 is 12.7 Å². The molecule has 1 aliphatic rings. The van der Waals surface area contributed by atoms with E-state index in [4.69, 9.17) is 9.53 Å². The van der Waals surface area contributed by atoms with Crippen LogP contribution >= 0.6 is 0 Å². The summed E-state index contributed by atoms with van der Waals surface area (Å²) in [6, 6.07) is 10.2. The van der Waals surface area contributed by atoms with Crippen molar-refractivity contribution in [2.24, 2.45) is 11.8 Å². The zero-order valence-electron chi connectivity index (χ0n) is 23.3. The summed E-state index contributed by atoms with van der Waals surface area (Å²) >= 11 is 0. The second kappa shape index (κ2) is 15.8. The Morgan fingerprint density at radius 3 is 1.97 bits per heavy atom. The minimum Gasteiger partial charge on any atom is -0.487 e. The van der Waals surface area contributed by atoms with E-state index in [2.05, 4.69) is 42.6 Å². The van der Waals surface area contributed by atoms with E-state index < -0.39 is 11.6 Å². The van der Waals surface area contributed by atoms with Crippen LogP contribution in [0.15, 0.2) is 48.8 Å². The summed E-state index contributed by atoms with van der Waals surface area (Å²) in [7, 11) is 0. The number of ether oxygens (including phenoxy) is 1. The highest BCUT2D eigenvalue weighted by atomic mass is 19.1. The van der Waals surface area contributed by atoms with Gasteiger partial charge in [-0.05, 0) is 66.8 Å². The Balaban J connectivity index is 0.000000651. The summed E-state index contributed by atoms with van der Waals surface area (Å²) in [5, 5.41) is 0. The Morgan fingerprint density at radius 2 is 1.50 bits per heavy atom. The van der Waals surface area contributed by atoms with E-state index in [1.165, 1.54) is 18.6 Å². The number of carbonyl (C=O) groups excluding carboxylic acids is 1. The molecule has 38 heavy (non-hydrogen) atoms. The van der Waals surface area contributed by atoms with Gasteiger partial charge in [-0.15, -0.1) is 0 Å². The van der Waals surface area contributed by atoms with Gasteiger partial charge in [0.1, 0.15) is 6.79 Å². The van der Waals surface area contributed by atoms with Gasteiger partial charge in [0.15, 0.2) is 17.4 Å². The Kier molecular flexibility index (Phi) is 12.8. The molecule has 0 unspecified atom stereocenters. The standard InChI is InChI=1S/C25H27F2N3O.C5H12.CH2O/c1-3-18-14-28-25(29-15-18)30-10-8-19(9-11-30)16-31-24-22(26)12-21(13-23(24)27)20-6-4-17(2)5-7-20;1-4-5(2)3;1-2/h4-7,12-15,19H,3,8-11,16H2,1-2H3;5H,4H2,1-3H3;1H2. The average molecular weight is 526 g/mol. The Bertz CT molecular complexity index is 1070. The van der Waals surface area contributed by atoms with Crippen LogP contribution in [0, 0.1) is 30.4 Å². The number of hydrogen-bond acceptors (Lipinski definition) is 5. The van der Waals surface area contributed by atoms with Crippen LogP contribution in [0.2, 0.25) is 0 Å². The molecule has 3 aromatic rings. The van der Waals surface area contributed by atoms with Crippen LogP contribution in [0.1, 0.15) is 58.1 Å². The van der Waals surface area contributed by atoms with Crippen molar-refractivity contribution in [3.8, 4) is 16.9 Å². The highest BCUT2D eigenvalue weighted by Gasteiger charge is 2.23. The van der Waals surface area contributed by atoms with Gasteiger partial charge >= 0.3 is 0 Å². The Hall–Kier alpha value is -3.35. The predicted octanol–water partition coefficient (Wildman–Crippen LogP) is 7.46. The third-order valence-electron chi connectivity index (χ3n) is 6.66. The first-order valence-electron chi connectivity index (χ1n) is 13.3. The molecule has 0 atom stereocenters. The maximum absolute atomic E-state index is 14.6. The van der Waals surface area contributed by atoms with Gasteiger partial charge in [0.05, 0.1) is 6.61 Å². The fourth-order valence-electron chi connectivity index (χ4n) is 3.81. The van der Waals surface area contributed by atoms with Crippen LogP contribution in [0.5, 0.6) is 5.75 Å². The molecule has 1 fully saturated rings. The molecule has 5 nitrogen and oxygen atoms in total. The average Bonchev–Trinajstić information content (AvgIpc) is 2.94. The SMILES string of the molecule is C=O.CCC(C)C.CCc1cnc(N2CCC(COc3c(F)cc(-c4ccc(C)cc4)cc3F)CC2)nc1. The normalized spacial score (nSPS) is 13.3. The molecule has 0 saturated carbocycles. The second-order valence-electron chi connectivity index (χ2n) is 9.92. The molecular formula is C31H41F2N3O2. The highest BCUT2D eigenvalue weighted by Crippen LogP contribution is 2.30. The summed E-state index contributed by atoms with van der Waals surface area (Å²) in [6.45, 7) is 14.6. The van der Waals surface area contributed by atoms with E-state index in [-0.39, 0.29) is 11.7 Å². The third-order valence-corrected chi connectivity index (χ3v) is 6.66. The van der Waals surface area contributed by atoms with Gasteiger partial charge in [0.2, 0.25) is 5.95 Å². The number of rotatable bonds is 7. The summed E-state index contributed by atoms with van der Waals surface area (Å²) in [4.78, 5) is 19.0. The van der Waals surface area contributed by atoms with Gasteiger partial charge in [0, 0.05) is 25.5 Å². The van der Waals surface area contributed by atoms with E-state index in [1.54, 1.807) is 0 Å². The smallest absolute Gasteiger partial charge is 0.225 e. The fraction of sp³-hybridized carbons (Fsp3) is 0.452. The summed E-state index contributed by atoms with van der Waals surface area (Å²) in [5.74, 6) is 0.226. The van der Waals surface area contributed by atoms with Crippen LogP contribution in [-0.2, 0) is 11.2 Å². The minimum absolute atomic E-state index is 0.238. The number of anilines is 1. The zero-order chi connectivity index (χ0) is 28.1. The van der Waals surface area contributed by atoms with Gasteiger partial charge in [-0.1, -0.05) is 63.9 Å². The lowest BCUT2D eigenvalue weighted by atomic mass is 9.98. The van der Waals surface area contributed by atoms with E-state index >= 15 is 0 Å². The first-order valence-corrected chi connectivity index (χ1v) is 13.3. The van der Waals surface area contributed by atoms with Crippen LogP contribution in [0.3, 0.4) is 0 Å². The number of hydrogen-bond donors (Lipinski definition) is 0. The molecule has 0 spiro atoms. The number of piperidine rings is 1. The van der Waals surface area contributed by atoms with Gasteiger partial charge < -0.3 is 14.4 Å². The van der Waals surface area contributed by atoms with Gasteiger partial charge in [-0.3, -0.25) is 0 Å². The lowest BCUT2D eigenvalue weighted by molar-refractivity contribution is -0.0980. The molecule has 0 aliphatic carbocycles. The number of nitrogens with zero attached hydrogens (tertiary/aromatic N) is 3. The van der Waals surface area contributed by atoms with E-state index in [1.807, 2.05) is 50.4 Å². The molecule has 0 bridgehead atoms. The number of carbonyl (C=O) groups is 1. The number of aryl methyl sites for hydroxylation is 2. The molecule has 0 amide bonds. The van der Waals surface area contributed by atoms with Crippen molar-refractivity contribution in [1.29, 1.82) is 0 Å². The first-order chi connectivity index (χ1) is 18.3. The maximum Gasteiger partial charge on any atom is 0.225 e. The number of aromatic nitrogens is 2. The van der Waals surface area contributed by atoms with Crippen molar-refractivity contribution in [2.75, 3.05) is 24.6 Å². The van der Waals surface area contributed by atoms with Crippen molar-refractivity contribution in [2.45, 2.75) is 60.3 Å². The molecule has 2 heterocycles. The molecule has 1 saturated heterocycles. The minimum atomic E-state index is -0.669. The van der Waals surface area contributed by atoms with Crippen molar-refractivity contribution < 1.29 is 18.3 Å². The monoisotopic (exact) mass is 525 g/mol. The predicted molar refractivity (Wildman–Crippen MR) is 151 cm³/mol. The molecule has 2 aromatic carbocycles. The molecular weight excluding hydrogens is 484 g/mol. The van der Waals surface area contributed by atoms with Gasteiger partial charge in [-0.2, -0.15) is 0 Å².